The zero-order valence-electron chi connectivity index (χ0n) is 1.63. The third-order valence-electron chi connectivity index (χ3n) is 0. The monoisotopic (exact) mass is 128 g/mol. The molecule has 0 saturated carbocycles. The molecule has 0 spiro atoms. The van der Waals surface area contributed by atoms with Crippen molar-refractivity contribution >= 4 is 37.2 Å². The molecule has 0 bridgehead atoms. The van der Waals surface area contributed by atoms with E-state index < -0.39 is 0 Å². The molecule has 0 aliphatic heterocycles. The van der Waals surface area contributed by atoms with E-state index in [0.29, 0.717) is 0 Å². The molecule has 0 unspecified atom stereocenters. The van der Waals surface area contributed by atoms with Crippen molar-refractivity contribution < 1.29 is 4.70 Å². The minimum Gasteiger partial charge on any atom is -0.269 e. The van der Waals surface area contributed by atoms with Crippen molar-refractivity contribution in [3.63, 3.8) is 0 Å². The van der Waals surface area contributed by atoms with Gasteiger partial charge in [-0.3, -0.25) is 4.70 Å². The molecule has 0 radical (unpaired) electrons. The van der Waals surface area contributed by atoms with Gasteiger partial charge in [-0.25, -0.2) is 0 Å². The Bertz CT molecular complexity index is 3.25. The van der Waals surface area contributed by atoms with Crippen LogP contribution in [0, 0.1) is 0 Å². The Morgan fingerprint density at radius 2 is 0.500 bits per heavy atom. The van der Waals surface area contributed by atoms with Gasteiger partial charge in [0.05, 0.1) is 0 Å². The summed E-state index contributed by atoms with van der Waals surface area (Å²) in [5, 5.41) is 0. The molecule has 0 fully saturated rings. The molecule has 0 aliphatic carbocycles. The summed E-state index contributed by atoms with van der Waals surface area (Å²) >= 11 is 0. The van der Waals surface area contributed by atoms with E-state index in [1.165, 1.54) is 0 Å². The first kappa shape index (κ1) is 108. The predicted molar refractivity (Wildman–Crippen MR) is 24.2 cm³/mol. The lowest BCUT2D eigenvalue weighted by molar-refractivity contribution is 1.11. The third-order valence-corrected chi connectivity index (χ3v) is 0. The highest BCUT2D eigenvalue weighted by Gasteiger charge is -0.145. The number of halogens is 4. The van der Waals surface area contributed by atoms with Crippen LogP contribution in [0.15, 0.2) is 0 Å². The summed E-state index contributed by atoms with van der Waals surface area (Å²) in [6.45, 7) is 0. The number of rotatable bonds is 0. The van der Waals surface area contributed by atoms with Gasteiger partial charge < -0.3 is 0 Å². The van der Waals surface area contributed by atoms with E-state index in [2.05, 4.69) is 0 Å². The highest BCUT2D eigenvalue weighted by atomic mass is 35.5. The minimum absolute atomic E-state index is 0. The summed E-state index contributed by atoms with van der Waals surface area (Å²) in [5.74, 6) is 0. The largest absolute Gasteiger partial charge is 0.269 e. The first-order valence-corrected chi connectivity index (χ1v) is 0. The van der Waals surface area contributed by atoms with Crippen LogP contribution in [0.25, 0.3) is 0 Å². The fourth-order valence-corrected chi connectivity index (χ4v) is 0. The Morgan fingerprint density at radius 1 is 0.500 bits per heavy atom. The van der Waals surface area contributed by atoms with Crippen LogP contribution < -0.4 is 0 Å². The van der Waals surface area contributed by atoms with E-state index in [1.807, 2.05) is 0 Å². The van der Waals surface area contributed by atoms with Gasteiger partial charge in [0, 0.05) is 0 Å². The molecule has 0 rings (SSSR count). The Hall–Kier alpha value is 0.800. The average Bonchev–Trinajstić information content (AvgIpc) is 0. The topological polar surface area (TPSA) is 0 Å². The SMILES string of the molecule is Cl.Cl.Cl.F. The second-order valence-electron chi connectivity index (χ2n) is 0. The van der Waals surface area contributed by atoms with Crippen LogP contribution in [0.2, 0.25) is 0 Å². The molecular weight excluding hydrogens is 125 g/mol. The summed E-state index contributed by atoms with van der Waals surface area (Å²) in [7, 11) is 0. The molecule has 0 nitrogen and oxygen atoms in total. The van der Waals surface area contributed by atoms with Gasteiger partial charge in [0.15, 0.2) is 0 Å². The predicted octanol–water partition coefficient (Wildman–Crippen LogP) is 1.42. The zero-order chi connectivity index (χ0) is 0. The molecule has 0 aromatic rings. The molecule has 0 saturated heterocycles. The Kier molecular flexibility index (Phi) is 1260. The minimum atomic E-state index is 0. The van der Waals surface area contributed by atoms with Crippen molar-refractivity contribution in [2.75, 3.05) is 0 Å². The number of hydrogen-bond donors (Lipinski definition) is 0. The van der Waals surface area contributed by atoms with Gasteiger partial charge in [-0.15, -0.1) is 37.2 Å². The third kappa shape index (κ3) is 14.2. The maximum atomic E-state index is 0. The van der Waals surface area contributed by atoms with Crippen LogP contribution in [-0.2, 0) is 0 Å². The van der Waals surface area contributed by atoms with Gasteiger partial charge in [0.1, 0.15) is 0 Å². The molecule has 0 aromatic carbocycles. The van der Waals surface area contributed by atoms with E-state index in [1.54, 1.807) is 0 Å². The highest BCUT2D eigenvalue weighted by molar-refractivity contribution is 5.86. The van der Waals surface area contributed by atoms with E-state index >= 15 is 0 Å². The summed E-state index contributed by atoms with van der Waals surface area (Å²) in [4.78, 5) is 0. The van der Waals surface area contributed by atoms with Gasteiger partial charge in [-0.05, 0) is 0 Å². The highest BCUT2D eigenvalue weighted by Crippen LogP contribution is 0.692. The molecule has 0 amide bonds. The normalized spacial score (nSPS) is 0. The van der Waals surface area contributed by atoms with E-state index in [9.17, 15) is 0 Å². The Morgan fingerprint density at radius 3 is 0.500 bits per heavy atom. The van der Waals surface area contributed by atoms with Crippen molar-refractivity contribution in [2.45, 2.75) is 0 Å². The fraction of sp³-hybridized carbons (Fsp3) is 0. The second-order valence-corrected chi connectivity index (χ2v) is 0. The second kappa shape index (κ2) is 46.6. The summed E-state index contributed by atoms with van der Waals surface area (Å²) in [5.41, 5.74) is 0. The lowest BCUT2D eigenvalue weighted by Gasteiger charge is -0.269. The Labute approximate surface area is 42.6 Å². The molecule has 4 heavy (non-hydrogen) atoms. The van der Waals surface area contributed by atoms with Crippen LogP contribution >= 0.6 is 37.2 Å². The Balaban J connectivity index is 0. The smallest absolute Gasteiger partial charge is 0.147 e. The summed E-state index contributed by atoms with van der Waals surface area (Å²) in [6, 6.07) is 0. The molecule has 0 atom stereocenters. The maximum Gasteiger partial charge on any atom is -0.147 e. The summed E-state index contributed by atoms with van der Waals surface area (Å²) < 4.78 is 0. The van der Waals surface area contributed by atoms with Gasteiger partial charge in [-0.2, -0.15) is 0 Å². The lowest BCUT2D eigenvalue weighted by atomic mass is 19.0. The molecule has 0 aromatic heterocycles. The van der Waals surface area contributed by atoms with E-state index in [4.69, 9.17) is 0 Å². The van der Waals surface area contributed by atoms with E-state index in [0.717, 1.165) is 0 Å². The van der Waals surface area contributed by atoms with Crippen LogP contribution in [0.3, 0.4) is 0 Å². The first-order chi connectivity index (χ1) is 0. The standard InChI is InChI=1S/3ClH.FH/h4*1H. The van der Waals surface area contributed by atoms with Gasteiger partial charge in [-0.1, -0.05) is 0 Å². The fourth-order valence-electron chi connectivity index (χ4n) is 0. The molecule has 0 N–H and O–H groups in total. The number of hydrogen-bond acceptors (Lipinski definition) is 0. The van der Waals surface area contributed by atoms with Crippen LogP contribution in [-0.4, -0.2) is 0 Å². The lowest BCUT2D eigenvalue weighted by Crippen LogP contribution is 0.420. The van der Waals surface area contributed by atoms with Gasteiger partial charge in [0.2, 0.25) is 0 Å². The van der Waals surface area contributed by atoms with Crippen molar-refractivity contribution in [1.82, 2.24) is 0 Å². The first-order valence-electron chi connectivity index (χ1n) is 0. The van der Waals surface area contributed by atoms with E-state index in [-0.39, 0.29) is 41.9 Å². The zero-order valence-corrected chi connectivity index (χ0v) is 4.08. The molecule has 0 heterocycles. The molecule has 0 aliphatic rings. The van der Waals surface area contributed by atoms with Gasteiger partial charge >= 0.3 is 0 Å². The van der Waals surface area contributed by atoms with Crippen molar-refractivity contribution in [2.24, 2.45) is 0 Å². The van der Waals surface area contributed by atoms with Crippen LogP contribution in [0.4, 0.5) is 4.70 Å². The average molecular weight is 129 g/mol. The molecule has 32 valence electrons. The molecule has 4 heteroatoms. The van der Waals surface area contributed by atoms with Gasteiger partial charge in [0.25, 0.3) is 0 Å². The summed E-state index contributed by atoms with van der Waals surface area (Å²) in [6.07, 6.45) is 0. The van der Waals surface area contributed by atoms with Crippen molar-refractivity contribution in [3.8, 4) is 0 Å². The maximum absolute atomic E-state index is 0. The quantitative estimate of drug-likeness (QED) is 0.464. The van der Waals surface area contributed by atoms with Crippen molar-refractivity contribution in [3.05, 3.63) is 0 Å². The van der Waals surface area contributed by atoms with Crippen LogP contribution in [0.5, 0.6) is 0 Å². The van der Waals surface area contributed by atoms with Crippen LogP contribution in [0.1, 0.15) is 0 Å². The van der Waals surface area contributed by atoms with Crippen molar-refractivity contribution in [1.29, 1.82) is 0 Å². The molecular formula is H4Cl3F.